The van der Waals surface area contributed by atoms with Gasteiger partial charge in [0.25, 0.3) is 0 Å². The quantitative estimate of drug-likeness (QED) is 0.779. The lowest BCUT2D eigenvalue weighted by molar-refractivity contribution is 0.253. The molecule has 6 heteroatoms. The number of hydrogen-bond acceptors (Lipinski definition) is 4. The predicted molar refractivity (Wildman–Crippen MR) is 95.7 cm³/mol. The highest BCUT2D eigenvalue weighted by molar-refractivity contribution is 7.91. The normalized spacial score (nSPS) is 11.8. The van der Waals surface area contributed by atoms with Crippen molar-refractivity contribution in [2.75, 3.05) is 6.61 Å². The first kappa shape index (κ1) is 18.7. The van der Waals surface area contributed by atoms with Gasteiger partial charge in [0.15, 0.2) is 0 Å². The van der Waals surface area contributed by atoms with Crippen LogP contribution in [0.2, 0.25) is 5.02 Å². The number of hydrogen-bond donors (Lipinski definition) is 0. The van der Waals surface area contributed by atoms with Gasteiger partial charge in [-0.05, 0) is 62.1 Å². The highest BCUT2D eigenvalue weighted by Crippen LogP contribution is 2.33. The van der Waals surface area contributed by atoms with Gasteiger partial charge in [-0.1, -0.05) is 25.4 Å². The van der Waals surface area contributed by atoms with Crippen molar-refractivity contribution in [1.29, 1.82) is 0 Å². The monoisotopic (exact) mass is 367 g/mol. The average Bonchev–Trinajstić information content (AvgIpc) is 2.43. The van der Waals surface area contributed by atoms with Gasteiger partial charge in [-0.3, -0.25) is 0 Å². The van der Waals surface area contributed by atoms with Crippen LogP contribution >= 0.6 is 11.6 Å². The van der Waals surface area contributed by atoms with E-state index in [9.17, 15) is 8.42 Å². The smallest absolute Gasteiger partial charge is 0.233 e. The minimum absolute atomic E-state index is 0.124. The van der Waals surface area contributed by atoms with Crippen molar-refractivity contribution in [3.63, 3.8) is 0 Å². The molecule has 1 aromatic carbocycles. The Balaban J connectivity index is 2.65. The standard InChI is InChI=1S/C18H22ClNO3S/c1-11(2)10-23-18-17(13(4)8-14(5)20-18)24(21,22)16-7-6-15(19)9-12(16)3/h6-9,11H,10H2,1-5H3. The van der Waals surface area contributed by atoms with E-state index in [1.165, 1.54) is 6.07 Å². The summed E-state index contributed by atoms with van der Waals surface area (Å²) in [5, 5.41) is 0.501. The van der Waals surface area contributed by atoms with E-state index in [0.29, 0.717) is 22.8 Å². The van der Waals surface area contributed by atoms with E-state index < -0.39 is 9.84 Å². The zero-order valence-corrected chi connectivity index (χ0v) is 16.1. The second kappa shape index (κ2) is 7.11. The van der Waals surface area contributed by atoms with E-state index in [1.807, 2.05) is 20.8 Å². The van der Waals surface area contributed by atoms with Gasteiger partial charge in [-0.25, -0.2) is 13.4 Å². The average molecular weight is 368 g/mol. The van der Waals surface area contributed by atoms with Crippen LogP contribution in [0.25, 0.3) is 0 Å². The van der Waals surface area contributed by atoms with Crippen LogP contribution in [0.4, 0.5) is 0 Å². The molecule has 0 unspecified atom stereocenters. The fraction of sp³-hybridized carbons (Fsp3) is 0.389. The van der Waals surface area contributed by atoms with Crippen LogP contribution in [-0.2, 0) is 9.84 Å². The Morgan fingerprint density at radius 1 is 1.12 bits per heavy atom. The first-order valence-corrected chi connectivity index (χ1v) is 9.61. The summed E-state index contributed by atoms with van der Waals surface area (Å²) in [6.07, 6.45) is 0. The van der Waals surface area contributed by atoms with E-state index >= 15 is 0 Å². The number of sulfone groups is 1. The fourth-order valence-corrected chi connectivity index (χ4v) is 4.48. The lowest BCUT2D eigenvalue weighted by atomic mass is 10.2. The molecular weight excluding hydrogens is 346 g/mol. The largest absolute Gasteiger partial charge is 0.476 e. The van der Waals surface area contributed by atoms with Crippen molar-refractivity contribution in [3.8, 4) is 5.88 Å². The number of ether oxygens (including phenoxy) is 1. The molecule has 0 fully saturated rings. The zero-order chi connectivity index (χ0) is 18.1. The summed E-state index contributed by atoms with van der Waals surface area (Å²) < 4.78 is 32.1. The Hall–Kier alpha value is -1.59. The van der Waals surface area contributed by atoms with E-state index in [4.69, 9.17) is 16.3 Å². The van der Waals surface area contributed by atoms with Crippen LogP contribution < -0.4 is 4.74 Å². The first-order chi connectivity index (χ1) is 11.1. The van der Waals surface area contributed by atoms with Crippen molar-refractivity contribution >= 4 is 21.4 Å². The minimum atomic E-state index is -3.76. The summed E-state index contributed by atoms with van der Waals surface area (Å²) >= 11 is 5.95. The van der Waals surface area contributed by atoms with Crippen LogP contribution in [0.3, 0.4) is 0 Å². The molecule has 0 bridgehead atoms. The minimum Gasteiger partial charge on any atom is -0.476 e. The van der Waals surface area contributed by atoms with Crippen molar-refractivity contribution in [3.05, 3.63) is 46.1 Å². The Morgan fingerprint density at radius 2 is 1.79 bits per heavy atom. The molecule has 0 aliphatic heterocycles. The molecule has 0 saturated heterocycles. The van der Waals surface area contributed by atoms with E-state index in [0.717, 1.165) is 5.69 Å². The number of rotatable bonds is 5. The molecule has 2 rings (SSSR count). The van der Waals surface area contributed by atoms with Gasteiger partial charge in [-0.2, -0.15) is 0 Å². The van der Waals surface area contributed by atoms with Crippen LogP contribution in [-0.4, -0.2) is 20.0 Å². The van der Waals surface area contributed by atoms with Crippen LogP contribution in [0.5, 0.6) is 5.88 Å². The molecule has 0 aliphatic carbocycles. The molecule has 0 amide bonds. The van der Waals surface area contributed by atoms with E-state index in [2.05, 4.69) is 4.98 Å². The Labute approximate surface area is 148 Å². The highest BCUT2D eigenvalue weighted by Gasteiger charge is 2.28. The number of nitrogens with zero attached hydrogens (tertiary/aromatic N) is 1. The first-order valence-electron chi connectivity index (χ1n) is 7.75. The van der Waals surface area contributed by atoms with Gasteiger partial charge >= 0.3 is 0 Å². The van der Waals surface area contributed by atoms with Gasteiger partial charge in [-0.15, -0.1) is 0 Å². The van der Waals surface area contributed by atoms with Gasteiger partial charge < -0.3 is 4.74 Å². The molecule has 0 aliphatic rings. The van der Waals surface area contributed by atoms with Crippen LogP contribution in [0.15, 0.2) is 34.1 Å². The SMILES string of the molecule is Cc1cc(C)c(S(=O)(=O)c2ccc(Cl)cc2C)c(OCC(C)C)n1. The third-order valence-electron chi connectivity index (χ3n) is 3.50. The predicted octanol–water partition coefficient (Wildman–Crippen LogP) is 4.53. The summed E-state index contributed by atoms with van der Waals surface area (Å²) in [6.45, 7) is 9.71. The summed E-state index contributed by atoms with van der Waals surface area (Å²) in [7, 11) is -3.76. The maximum atomic E-state index is 13.2. The molecule has 0 spiro atoms. The maximum absolute atomic E-state index is 13.2. The molecule has 130 valence electrons. The van der Waals surface area contributed by atoms with Crippen molar-refractivity contribution in [2.24, 2.45) is 5.92 Å². The summed E-state index contributed by atoms with van der Waals surface area (Å²) in [5.74, 6) is 0.427. The van der Waals surface area contributed by atoms with Crippen molar-refractivity contribution < 1.29 is 13.2 Å². The number of pyridine rings is 1. The molecule has 24 heavy (non-hydrogen) atoms. The van der Waals surface area contributed by atoms with Gasteiger partial charge in [0, 0.05) is 10.7 Å². The Bertz CT molecular complexity index is 861. The highest BCUT2D eigenvalue weighted by atomic mass is 35.5. The second-order valence-electron chi connectivity index (χ2n) is 6.33. The van der Waals surface area contributed by atoms with E-state index in [1.54, 1.807) is 32.0 Å². The second-order valence-corrected chi connectivity index (χ2v) is 8.62. The number of halogens is 1. The molecule has 0 N–H and O–H groups in total. The zero-order valence-electron chi connectivity index (χ0n) is 14.6. The summed E-state index contributed by atoms with van der Waals surface area (Å²) in [5.41, 5.74) is 1.94. The van der Waals surface area contributed by atoms with Crippen LogP contribution in [0, 0.1) is 26.7 Å². The molecule has 0 saturated carbocycles. The molecule has 1 heterocycles. The number of aryl methyl sites for hydroxylation is 3. The van der Waals surface area contributed by atoms with Gasteiger partial charge in [0.05, 0.1) is 11.5 Å². The lowest BCUT2D eigenvalue weighted by Gasteiger charge is -2.16. The summed E-state index contributed by atoms with van der Waals surface area (Å²) in [4.78, 5) is 4.66. The summed E-state index contributed by atoms with van der Waals surface area (Å²) in [6, 6.07) is 6.49. The van der Waals surface area contributed by atoms with Crippen molar-refractivity contribution in [1.82, 2.24) is 4.98 Å². The molecular formula is C18H22ClNO3S. The number of aromatic nitrogens is 1. The molecule has 0 atom stereocenters. The Kier molecular flexibility index (Phi) is 5.56. The molecule has 4 nitrogen and oxygen atoms in total. The molecule has 0 radical (unpaired) electrons. The van der Waals surface area contributed by atoms with Crippen molar-refractivity contribution in [2.45, 2.75) is 44.4 Å². The van der Waals surface area contributed by atoms with Gasteiger partial charge in [0.2, 0.25) is 15.7 Å². The number of benzene rings is 1. The van der Waals surface area contributed by atoms with Crippen LogP contribution in [0.1, 0.15) is 30.7 Å². The third-order valence-corrected chi connectivity index (χ3v) is 5.81. The fourth-order valence-electron chi connectivity index (χ4n) is 2.49. The van der Waals surface area contributed by atoms with Gasteiger partial charge in [0.1, 0.15) is 4.90 Å². The third kappa shape index (κ3) is 3.90. The topological polar surface area (TPSA) is 56.3 Å². The molecule has 2 aromatic rings. The molecule has 1 aromatic heterocycles. The Morgan fingerprint density at radius 3 is 2.38 bits per heavy atom. The van der Waals surface area contributed by atoms with E-state index in [-0.39, 0.29) is 21.6 Å². The maximum Gasteiger partial charge on any atom is 0.233 e. The lowest BCUT2D eigenvalue weighted by Crippen LogP contribution is -2.13.